The van der Waals surface area contributed by atoms with Gasteiger partial charge in [-0.05, 0) is 101 Å². The monoisotopic (exact) mass is 502 g/mol. The van der Waals surface area contributed by atoms with E-state index in [9.17, 15) is 9.59 Å². The molecule has 0 aromatic carbocycles. The fraction of sp³-hybridized carbons (Fsp3) is 0.613. The Hall–Kier alpha value is -2.24. The summed E-state index contributed by atoms with van der Waals surface area (Å²) < 4.78 is 18.1. The molecule has 0 saturated carbocycles. The first-order valence-electron chi connectivity index (χ1n) is 13.1. The van der Waals surface area contributed by atoms with Crippen LogP contribution in [0.4, 0.5) is 0 Å². The minimum Gasteiger partial charge on any atom is -0.456 e. The highest BCUT2D eigenvalue weighted by molar-refractivity contribution is 5.83. The van der Waals surface area contributed by atoms with Gasteiger partial charge in [-0.3, -0.25) is 4.79 Å². The van der Waals surface area contributed by atoms with Gasteiger partial charge in [0.05, 0.1) is 6.10 Å². The Morgan fingerprint density at radius 1 is 0.917 bits per heavy atom. The zero-order valence-corrected chi connectivity index (χ0v) is 24.4. The summed E-state index contributed by atoms with van der Waals surface area (Å²) in [6.07, 6.45) is 12.4. The number of esters is 1. The Bertz CT molecular complexity index is 835. The van der Waals surface area contributed by atoms with Crippen LogP contribution in [0, 0.1) is 0 Å². The summed E-state index contributed by atoms with van der Waals surface area (Å²) in [5.74, 6) is -0.388. The molecule has 0 aliphatic carbocycles. The lowest BCUT2D eigenvalue weighted by atomic mass is 9.86. The number of allylic oxidation sites excluding steroid dienone is 5. The highest BCUT2D eigenvalue weighted by Gasteiger charge is 2.38. The van der Waals surface area contributed by atoms with Gasteiger partial charge in [-0.1, -0.05) is 40.0 Å². The molecule has 3 atom stereocenters. The van der Waals surface area contributed by atoms with Crippen LogP contribution in [0.15, 0.2) is 58.2 Å². The summed E-state index contributed by atoms with van der Waals surface area (Å²) >= 11 is 0. The summed E-state index contributed by atoms with van der Waals surface area (Å²) in [6.45, 7) is 20.9. The quantitative estimate of drug-likeness (QED) is 0.0885. The van der Waals surface area contributed by atoms with Gasteiger partial charge in [0, 0.05) is 25.7 Å². The SMILES string of the molecule is CCOC(C=C(C)C)CC(C)=CC(CC(C)=CC=O)(OCC)C(C)OC(=O)C=C(C)CCC=C(C)C. The largest absolute Gasteiger partial charge is 0.456 e. The summed E-state index contributed by atoms with van der Waals surface area (Å²) in [7, 11) is 0. The van der Waals surface area contributed by atoms with E-state index >= 15 is 0 Å². The van der Waals surface area contributed by atoms with Crippen molar-refractivity contribution >= 4 is 12.3 Å². The Balaban J connectivity index is 6.08. The van der Waals surface area contributed by atoms with E-state index in [1.54, 1.807) is 6.08 Å². The van der Waals surface area contributed by atoms with Gasteiger partial charge >= 0.3 is 5.97 Å². The van der Waals surface area contributed by atoms with Crippen molar-refractivity contribution in [2.45, 2.75) is 113 Å². The maximum Gasteiger partial charge on any atom is 0.331 e. The topological polar surface area (TPSA) is 61.8 Å². The molecular formula is C31H50O5. The van der Waals surface area contributed by atoms with Crippen LogP contribution in [0.25, 0.3) is 0 Å². The van der Waals surface area contributed by atoms with Crippen molar-refractivity contribution in [3.8, 4) is 0 Å². The lowest BCUT2D eigenvalue weighted by Crippen LogP contribution is -2.45. The van der Waals surface area contributed by atoms with Crippen molar-refractivity contribution in [3.63, 3.8) is 0 Å². The summed E-state index contributed by atoms with van der Waals surface area (Å²) in [5, 5.41) is 0. The molecule has 0 bridgehead atoms. The zero-order chi connectivity index (χ0) is 27.7. The predicted octanol–water partition coefficient (Wildman–Crippen LogP) is 7.63. The van der Waals surface area contributed by atoms with E-state index in [1.807, 2.05) is 47.6 Å². The first-order chi connectivity index (χ1) is 16.9. The summed E-state index contributed by atoms with van der Waals surface area (Å²) in [6, 6.07) is 0. The van der Waals surface area contributed by atoms with Crippen LogP contribution in [-0.2, 0) is 23.8 Å². The molecular weight excluding hydrogens is 452 g/mol. The molecule has 3 unspecified atom stereocenters. The molecule has 0 saturated heterocycles. The maximum atomic E-state index is 12.8. The van der Waals surface area contributed by atoms with Crippen LogP contribution in [0.3, 0.4) is 0 Å². The number of hydrogen-bond donors (Lipinski definition) is 0. The van der Waals surface area contributed by atoms with Crippen molar-refractivity contribution < 1.29 is 23.8 Å². The van der Waals surface area contributed by atoms with E-state index in [4.69, 9.17) is 14.2 Å². The Kier molecular flexibility index (Phi) is 16.9. The van der Waals surface area contributed by atoms with Crippen LogP contribution >= 0.6 is 0 Å². The highest BCUT2D eigenvalue weighted by atomic mass is 16.6. The fourth-order valence-electron chi connectivity index (χ4n) is 4.12. The van der Waals surface area contributed by atoms with Crippen LogP contribution in [0.2, 0.25) is 0 Å². The molecule has 0 rings (SSSR count). The molecule has 0 aliphatic heterocycles. The van der Waals surface area contributed by atoms with Gasteiger partial charge in [-0.2, -0.15) is 0 Å². The van der Waals surface area contributed by atoms with Crippen molar-refractivity contribution in [2.75, 3.05) is 13.2 Å². The van der Waals surface area contributed by atoms with Gasteiger partial charge in [-0.25, -0.2) is 4.79 Å². The first-order valence-corrected chi connectivity index (χ1v) is 13.1. The second-order valence-electron chi connectivity index (χ2n) is 10.0. The van der Waals surface area contributed by atoms with E-state index in [-0.39, 0.29) is 12.1 Å². The highest BCUT2D eigenvalue weighted by Crippen LogP contribution is 2.32. The number of rotatable bonds is 17. The number of ether oxygens (including phenoxy) is 3. The van der Waals surface area contributed by atoms with E-state index in [0.29, 0.717) is 26.1 Å². The minimum atomic E-state index is -0.913. The average molecular weight is 503 g/mol. The van der Waals surface area contributed by atoms with E-state index in [2.05, 4.69) is 39.8 Å². The number of hydrogen-bond acceptors (Lipinski definition) is 5. The zero-order valence-electron chi connectivity index (χ0n) is 24.4. The average Bonchev–Trinajstić information content (AvgIpc) is 2.73. The smallest absolute Gasteiger partial charge is 0.331 e. The Labute approximate surface area is 220 Å². The van der Waals surface area contributed by atoms with Gasteiger partial charge in [0.15, 0.2) is 0 Å². The third kappa shape index (κ3) is 14.4. The van der Waals surface area contributed by atoms with E-state index in [0.717, 1.165) is 35.8 Å². The van der Waals surface area contributed by atoms with Gasteiger partial charge in [-0.15, -0.1) is 0 Å². The van der Waals surface area contributed by atoms with Crippen molar-refractivity contribution in [3.05, 3.63) is 58.2 Å². The second-order valence-corrected chi connectivity index (χ2v) is 10.0. The van der Waals surface area contributed by atoms with Crippen molar-refractivity contribution in [1.29, 1.82) is 0 Å². The van der Waals surface area contributed by atoms with Crippen LogP contribution in [-0.4, -0.2) is 43.3 Å². The Morgan fingerprint density at radius 3 is 2.11 bits per heavy atom. The lowest BCUT2D eigenvalue weighted by molar-refractivity contribution is -0.158. The molecule has 204 valence electrons. The number of carbonyl (C=O) groups is 2. The molecule has 0 fully saturated rings. The van der Waals surface area contributed by atoms with Gasteiger partial charge in [0.25, 0.3) is 0 Å². The lowest BCUT2D eigenvalue weighted by Gasteiger charge is -2.37. The number of carbonyl (C=O) groups excluding carboxylic acids is 2. The molecule has 0 aliphatic rings. The van der Waals surface area contributed by atoms with Crippen molar-refractivity contribution in [2.24, 2.45) is 0 Å². The van der Waals surface area contributed by atoms with E-state index in [1.165, 1.54) is 17.2 Å². The molecule has 0 amide bonds. The molecule has 0 aromatic heterocycles. The standard InChI is InChI=1S/C31H50O5/c1-11-34-29(18-24(5)6)19-27(9)22-31(35-12-2,21-26(8)16-17-32)28(10)36-30(33)20-25(7)15-13-14-23(3)4/h14,16-18,20,22,28-29H,11-13,15,19,21H2,1-10H3. The second kappa shape index (κ2) is 18.1. The predicted molar refractivity (Wildman–Crippen MR) is 150 cm³/mol. The molecule has 0 spiro atoms. The van der Waals surface area contributed by atoms with Gasteiger partial charge in [0.2, 0.25) is 0 Å². The molecule has 5 heteroatoms. The van der Waals surface area contributed by atoms with Crippen LogP contribution < -0.4 is 0 Å². The molecule has 0 N–H and O–H groups in total. The third-order valence-corrected chi connectivity index (χ3v) is 5.67. The molecule has 36 heavy (non-hydrogen) atoms. The Morgan fingerprint density at radius 2 is 1.58 bits per heavy atom. The normalized spacial score (nSPS) is 16.0. The van der Waals surface area contributed by atoms with Crippen LogP contribution in [0.1, 0.15) is 94.9 Å². The summed E-state index contributed by atoms with van der Waals surface area (Å²) in [5.41, 5.74) is 4.42. The molecule has 0 radical (unpaired) electrons. The van der Waals surface area contributed by atoms with Crippen LogP contribution in [0.5, 0.6) is 0 Å². The maximum absolute atomic E-state index is 12.8. The van der Waals surface area contributed by atoms with E-state index < -0.39 is 11.7 Å². The first kappa shape index (κ1) is 33.8. The minimum absolute atomic E-state index is 0.0496. The van der Waals surface area contributed by atoms with Gasteiger partial charge in [0.1, 0.15) is 18.0 Å². The third-order valence-electron chi connectivity index (χ3n) is 5.67. The molecule has 0 aromatic rings. The molecule has 5 nitrogen and oxygen atoms in total. The fourth-order valence-corrected chi connectivity index (χ4v) is 4.12. The number of aldehydes is 1. The molecule has 0 heterocycles. The summed E-state index contributed by atoms with van der Waals surface area (Å²) in [4.78, 5) is 24.0. The van der Waals surface area contributed by atoms with Gasteiger partial charge < -0.3 is 14.2 Å². The van der Waals surface area contributed by atoms with Crippen molar-refractivity contribution in [1.82, 2.24) is 0 Å².